The molecule has 1 saturated carbocycles. The number of ether oxygens (including phenoxy) is 2. The number of hydrogen-bond donors (Lipinski definition) is 0. The van der Waals surface area contributed by atoms with Gasteiger partial charge in [0.1, 0.15) is 42.4 Å². The van der Waals surface area contributed by atoms with Gasteiger partial charge >= 0.3 is 0 Å². The molecule has 1 saturated heterocycles. The summed E-state index contributed by atoms with van der Waals surface area (Å²) >= 11 is 1.31. The van der Waals surface area contributed by atoms with Gasteiger partial charge in [-0.15, -0.1) is 5.54 Å². The van der Waals surface area contributed by atoms with Gasteiger partial charge in [0, 0.05) is 31.1 Å². The summed E-state index contributed by atoms with van der Waals surface area (Å²) in [5.74, 6) is 4.05. The summed E-state index contributed by atoms with van der Waals surface area (Å²) in [5.41, 5.74) is 4.96. The molecule has 2 unspecified atom stereocenters. The summed E-state index contributed by atoms with van der Waals surface area (Å²) in [7, 11) is -0.767. The summed E-state index contributed by atoms with van der Waals surface area (Å²) in [4.78, 5) is 29.2. The van der Waals surface area contributed by atoms with Crippen molar-refractivity contribution < 1.29 is 23.0 Å². The first kappa shape index (κ1) is 36.2. The van der Waals surface area contributed by atoms with Crippen molar-refractivity contribution in [3.63, 3.8) is 0 Å². The van der Waals surface area contributed by atoms with E-state index in [1.54, 1.807) is 18.2 Å². The molecule has 11 heteroatoms. The highest BCUT2D eigenvalue weighted by Crippen LogP contribution is 2.44. The van der Waals surface area contributed by atoms with Crippen LogP contribution < -0.4 is 9.64 Å². The molecule has 50 heavy (non-hydrogen) atoms. The van der Waals surface area contributed by atoms with Gasteiger partial charge < -0.3 is 14.4 Å². The predicted molar refractivity (Wildman–Crippen MR) is 201 cm³/mol. The average molecular weight is 717 g/mol. The van der Waals surface area contributed by atoms with Crippen molar-refractivity contribution in [1.82, 2.24) is 15.0 Å². The summed E-state index contributed by atoms with van der Waals surface area (Å²) in [5, 5.41) is 1.69. The number of nitrogens with zero attached hydrogens (tertiary/aromatic N) is 4. The van der Waals surface area contributed by atoms with Gasteiger partial charge in [-0.05, 0) is 77.6 Å². The van der Waals surface area contributed by atoms with E-state index in [-0.39, 0.29) is 34.8 Å². The quantitative estimate of drug-likeness (QED) is 0.0401. The molecule has 3 heterocycles. The van der Waals surface area contributed by atoms with Crippen LogP contribution in [0, 0.1) is 34.9 Å². The van der Waals surface area contributed by atoms with E-state index < -0.39 is 19.7 Å². The molecule has 2 atom stereocenters. The number of hydrogen-bond acceptors (Lipinski definition) is 8. The zero-order valence-corrected chi connectivity index (χ0v) is 32.0. The van der Waals surface area contributed by atoms with Crippen LogP contribution in [0.15, 0.2) is 29.4 Å². The van der Waals surface area contributed by atoms with Gasteiger partial charge in [-0.2, -0.15) is 0 Å². The van der Waals surface area contributed by atoms with E-state index in [4.69, 9.17) is 14.5 Å². The third-order valence-electron chi connectivity index (χ3n) is 10.9. The second-order valence-corrected chi connectivity index (χ2v) is 21.0. The van der Waals surface area contributed by atoms with E-state index in [9.17, 15) is 4.79 Å². The molecular formula is C39H46F2N4O3SSi. The Kier molecular flexibility index (Phi) is 10.5. The maximum atomic E-state index is 17.3. The van der Waals surface area contributed by atoms with E-state index in [0.717, 1.165) is 25.9 Å². The summed E-state index contributed by atoms with van der Waals surface area (Å²) in [6.07, 6.45) is 5.97. The first-order valence-corrected chi connectivity index (χ1v) is 21.0. The summed E-state index contributed by atoms with van der Waals surface area (Å²) in [6, 6.07) is 6.40. The largest absolute Gasteiger partial charge is 0.468 e. The Bertz CT molecular complexity index is 1980. The van der Waals surface area contributed by atoms with Gasteiger partial charge in [-0.3, -0.25) is 4.79 Å². The Hall–Kier alpha value is -3.59. The van der Waals surface area contributed by atoms with E-state index >= 15 is 8.78 Å². The smallest absolute Gasteiger partial charge is 0.189 e. The van der Waals surface area contributed by atoms with Gasteiger partial charge in [0.2, 0.25) is 0 Å². The molecule has 6 rings (SSSR count). The number of anilines is 1. The van der Waals surface area contributed by atoms with E-state index in [0.29, 0.717) is 67.6 Å². The van der Waals surface area contributed by atoms with Crippen LogP contribution in [0.2, 0.25) is 16.6 Å². The fourth-order valence-corrected chi connectivity index (χ4v) is 14.2. The normalized spacial score (nSPS) is 17.7. The number of benzene rings is 2. The minimum Gasteiger partial charge on any atom is -0.468 e. The maximum absolute atomic E-state index is 17.3. The molecule has 0 spiro atoms. The molecular weight excluding hydrogens is 671 g/mol. The van der Waals surface area contributed by atoms with Crippen LogP contribution in [0.5, 0.6) is 5.75 Å². The highest BCUT2D eigenvalue weighted by atomic mass is 32.2. The van der Waals surface area contributed by atoms with Gasteiger partial charge in [-0.1, -0.05) is 65.3 Å². The number of pyridine rings is 1. The zero-order chi connectivity index (χ0) is 35.9. The van der Waals surface area contributed by atoms with E-state index in [1.165, 1.54) is 31.4 Å². The van der Waals surface area contributed by atoms with Crippen LogP contribution >= 0.6 is 11.8 Å². The molecule has 1 aliphatic carbocycles. The molecule has 7 nitrogen and oxygen atoms in total. The number of aromatic nitrogens is 3. The van der Waals surface area contributed by atoms with E-state index in [2.05, 4.69) is 67.9 Å². The predicted octanol–water partition coefficient (Wildman–Crippen LogP) is 9.45. The number of carbonyl (C=O) groups is 1. The van der Waals surface area contributed by atoms with Crippen LogP contribution in [0.4, 0.5) is 14.6 Å². The van der Waals surface area contributed by atoms with Crippen molar-refractivity contribution in [1.29, 1.82) is 0 Å². The molecule has 2 aliphatic rings. The number of methoxy groups -OCH3 is 1. The van der Waals surface area contributed by atoms with Crippen molar-refractivity contribution >= 4 is 53.6 Å². The number of rotatable bonds is 10. The number of fused-ring (bicyclic) bond motifs is 4. The highest BCUT2D eigenvalue weighted by Gasteiger charge is 2.42. The molecule has 2 aromatic carbocycles. The van der Waals surface area contributed by atoms with E-state index in [1.807, 2.05) is 6.26 Å². The average Bonchev–Trinajstić information content (AvgIpc) is 3.44. The monoisotopic (exact) mass is 716 g/mol. The van der Waals surface area contributed by atoms with Crippen molar-refractivity contribution in [2.24, 2.45) is 11.8 Å². The second kappa shape index (κ2) is 14.6. The van der Waals surface area contributed by atoms with Crippen molar-refractivity contribution in [3.05, 3.63) is 47.2 Å². The Morgan fingerprint density at radius 1 is 1.00 bits per heavy atom. The van der Waals surface area contributed by atoms with Gasteiger partial charge in [-0.25, -0.2) is 23.7 Å². The standard InChI is InChI=1S/C39H46F2N4O3SSi/c1-22(2)50(23(3)4,24(5)6)14-13-29-31(40)12-11-27-16-28(48-21-47-7)17-30(33(27)29)36-35(41)37-34(32(20-46)42-36)38(44-39(43-37)49-8)45-18-25-9-10-26(15-25)19-45/h11-12,16-17,20,22-26H,9-10,15,18-19,21H2,1-8H3. The third kappa shape index (κ3) is 6.39. The lowest BCUT2D eigenvalue weighted by atomic mass is 9.95. The lowest BCUT2D eigenvalue weighted by molar-refractivity contribution is 0.0512. The van der Waals surface area contributed by atoms with Crippen LogP contribution in [0.3, 0.4) is 0 Å². The molecule has 264 valence electrons. The topological polar surface area (TPSA) is 77.4 Å². The van der Waals surface area contributed by atoms with Gasteiger partial charge in [0.05, 0.1) is 10.9 Å². The minimum atomic E-state index is -2.28. The number of thioether (sulfide) groups is 1. The Labute approximate surface area is 299 Å². The molecule has 2 bridgehead atoms. The fraction of sp³-hybridized carbons (Fsp3) is 0.487. The maximum Gasteiger partial charge on any atom is 0.189 e. The molecule has 0 N–H and O–H groups in total. The fourth-order valence-electron chi connectivity index (χ4n) is 8.66. The number of aldehydes is 1. The molecule has 1 aliphatic heterocycles. The number of carbonyl (C=O) groups excluding carboxylic acids is 1. The SMILES string of the molecule is COCOc1cc(-c2nc(C=O)c3c(N4CC5CCC(C5)C4)nc(SC)nc3c2F)c2c(C#C[Si](C(C)C)(C(C)C)C(C)C)c(F)ccc2c1. The van der Waals surface area contributed by atoms with Crippen LogP contribution in [-0.4, -0.2) is 62.6 Å². The first-order chi connectivity index (χ1) is 23.9. The summed E-state index contributed by atoms with van der Waals surface area (Å²) < 4.78 is 44.3. The molecule has 4 aromatic rings. The molecule has 0 amide bonds. The molecule has 2 aromatic heterocycles. The third-order valence-corrected chi connectivity index (χ3v) is 17.7. The molecule has 0 radical (unpaired) electrons. The van der Waals surface area contributed by atoms with Crippen molar-refractivity contribution in [2.45, 2.75) is 82.6 Å². The second-order valence-electron chi connectivity index (χ2n) is 14.7. The molecule has 2 fully saturated rings. The van der Waals surface area contributed by atoms with Crippen LogP contribution in [0.25, 0.3) is 32.9 Å². The Morgan fingerprint density at radius 2 is 1.68 bits per heavy atom. The summed E-state index contributed by atoms with van der Waals surface area (Å²) in [6.45, 7) is 14.7. The first-order valence-electron chi connectivity index (χ1n) is 17.5. The Balaban J connectivity index is 1.66. The number of halogens is 2. The highest BCUT2D eigenvalue weighted by molar-refractivity contribution is 7.98. The van der Waals surface area contributed by atoms with Crippen LogP contribution in [-0.2, 0) is 4.74 Å². The number of piperidine rings is 1. The van der Waals surface area contributed by atoms with Gasteiger partial charge in [0.15, 0.2) is 24.1 Å². The van der Waals surface area contributed by atoms with Crippen LogP contribution in [0.1, 0.15) is 76.9 Å². The minimum absolute atomic E-state index is 0.00983. The lowest BCUT2D eigenvalue weighted by Crippen LogP contribution is -2.43. The zero-order valence-electron chi connectivity index (χ0n) is 30.2. The van der Waals surface area contributed by atoms with Crippen molar-refractivity contribution in [3.8, 4) is 28.5 Å². The van der Waals surface area contributed by atoms with Crippen molar-refractivity contribution in [2.75, 3.05) is 38.1 Å². The van der Waals surface area contributed by atoms with Gasteiger partial charge in [0.25, 0.3) is 0 Å². The lowest BCUT2D eigenvalue weighted by Gasteiger charge is -2.38. The Morgan fingerprint density at radius 3 is 2.28 bits per heavy atom.